The van der Waals surface area contributed by atoms with E-state index in [0.717, 1.165) is 24.2 Å². The van der Waals surface area contributed by atoms with Gasteiger partial charge < -0.3 is 19.7 Å². The molecule has 2 N–H and O–H groups in total. The highest BCUT2D eigenvalue weighted by Crippen LogP contribution is 2.28. The number of likely N-dealkylation sites (tertiary alicyclic amines) is 1. The second-order valence-corrected chi connectivity index (χ2v) is 8.32. The van der Waals surface area contributed by atoms with Crippen LogP contribution in [0.1, 0.15) is 31.4 Å². The van der Waals surface area contributed by atoms with Gasteiger partial charge in [0.2, 0.25) is 0 Å². The average Bonchev–Trinajstić information content (AvgIpc) is 2.71. The molecule has 0 spiro atoms. The highest BCUT2D eigenvalue weighted by atomic mass is 16.5. The molecule has 1 aliphatic rings. The Morgan fingerprint density at radius 2 is 1.76 bits per heavy atom. The van der Waals surface area contributed by atoms with E-state index in [2.05, 4.69) is 19.2 Å². The number of piperidine rings is 1. The lowest BCUT2D eigenvalue weighted by molar-refractivity contribution is -0.904. The number of hydrogen-bond acceptors (Lipinski definition) is 3. The number of carbonyl (C=O) groups excluding carboxylic acids is 1. The molecule has 0 aromatic heterocycles. The van der Waals surface area contributed by atoms with Crippen LogP contribution in [-0.4, -0.2) is 32.7 Å². The molecular weight excluding hydrogens is 364 g/mol. The second kappa shape index (κ2) is 10.3. The molecule has 0 saturated carbocycles. The summed E-state index contributed by atoms with van der Waals surface area (Å²) < 4.78 is 11.4. The number of hydrogen-bond donors (Lipinski definition) is 2. The Hall–Kier alpha value is -2.53. The van der Waals surface area contributed by atoms with Gasteiger partial charge in [-0.25, -0.2) is 0 Å². The number of ether oxygens (including phenoxy) is 2. The highest BCUT2D eigenvalue weighted by Gasteiger charge is 2.26. The van der Waals surface area contributed by atoms with E-state index in [-0.39, 0.29) is 5.91 Å². The van der Waals surface area contributed by atoms with Gasteiger partial charge in [-0.2, -0.15) is 0 Å². The molecule has 29 heavy (non-hydrogen) atoms. The quantitative estimate of drug-likeness (QED) is 0.719. The zero-order valence-electron chi connectivity index (χ0n) is 17.7. The number of rotatable bonds is 8. The molecule has 156 valence electrons. The average molecular weight is 398 g/mol. The minimum atomic E-state index is 0.102. The van der Waals surface area contributed by atoms with E-state index in [4.69, 9.17) is 9.47 Å². The molecule has 3 atom stereocenters. The standard InChI is InChI=1S/C24H32N2O3/c1-18-11-19(2)15-26(14-18)16-24(27)25-13-21-9-10-22(23(12-21)28-3)29-17-20-7-5-4-6-8-20/h4-10,12,18-19H,11,13-17H2,1-3H3,(H,25,27)/p+1/t18-,19+. The Balaban J connectivity index is 1.51. The Bertz CT molecular complexity index is 784. The molecule has 3 rings (SSSR count). The molecule has 1 heterocycles. The Kier molecular flexibility index (Phi) is 7.53. The zero-order valence-corrected chi connectivity index (χ0v) is 17.7. The first-order chi connectivity index (χ1) is 14.0. The molecule has 5 heteroatoms. The van der Waals surface area contributed by atoms with E-state index in [1.807, 2.05) is 48.5 Å². The van der Waals surface area contributed by atoms with Crippen LogP contribution in [0, 0.1) is 11.8 Å². The summed E-state index contributed by atoms with van der Waals surface area (Å²) >= 11 is 0. The molecule has 0 radical (unpaired) electrons. The van der Waals surface area contributed by atoms with Crippen molar-refractivity contribution in [3.63, 3.8) is 0 Å². The summed E-state index contributed by atoms with van der Waals surface area (Å²) in [5, 5.41) is 3.05. The summed E-state index contributed by atoms with van der Waals surface area (Å²) in [7, 11) is 1.63. The van der Waals surface area contributed by atoms with Crippen LogP contribution in [-0.2, 0) is 17.9 Å². The predicted molar refractivity (Wildman–Crippen MR) is 114 cm³/mol. The van der Waals surface area contributed by atoms with E-state index < -0.39 is 0 Å². The number of carbonyl (C=O) groups is 1. The number of methoxy groups -OCH3 is 1. The molecule has 2 aromatic rings. The first kappa shape index (κ1) is 21.2. The third-order valence-corrected chi connectivity index (χ3v) is 5.44. The van der Waals surface area contributed by atoms with E-state index in [0.29, 0.717) is 43.0 Å². The van der Waals surface area contributed by atoms with Gasteiger partial charge >= 0.3 is 0 Å². The van der Waals surface area contributed by atoms with Crippen molar-refractivity contribution in [3.8, 4) is 11.5 Å². The third kappa shape index (κ3) is 6.50. The van der Waals surface area contributed by atoms with Crippen LogP contribution in [0.2, 0.25) is 0 Å². The minimum absolute atomic E-state index is 0.102. The van der Waals surface area contributed by atoms with Gasteiger partial charge in [0.25, 0.3) is 5.91 Å². The van der Waals surface area contributed by atoms with Crippen molar-refractivity contribution in [1.82, 2.24) is 5.32 Å². The molecular formula is C24H33N2O3+. The van der Waals surface area contributed by atoms with Gasteiger partial charge in [-0.15, -0.1) is 0 Å². The largest absolute Gasteiger partial charge is 0.493 e. The predicted octanol–water partition coefficient (Wildman–Crippen LogP) is 2.45. The first-order valence-corrected chi connectivity index (χ1v) is 10.5. The number of quaternary nitrogens is 1. The molecule has 2 aromatic carbocycles. The van der Waals surface area contributed by atoms with E-state index in [1.165, 1.54) is 11.3 Å². The topological polar surface area (TPSA) is 52.0 Å². The molecule has 0 bridgehead atoms. The molecule has 0 aliphatic carbocycles. The van der Waals surface area contributed by atoms with Crippen molar-refractivity contribution in [3.05, 3.63) is 59.7 Å². The van der Waals surface area contributed by atoms with Crippen LogP contribution in [0.15, 0.2) is 48.5 Å². The SMILES string of the molecule is COc1cc(CNC(=O)C[NH+]2C[C@H](C)C[C@H](C)C2)ccc1OCc1ccccc1. The number of amides is 1. The Morgan fingerprint density at radius 3 is 2.45 bits per heavy atom. The molecule has 1 aliphatic heterocycles. The van der Waals surface area contributed by atoms with Crippen molar-refractivity contribution in [1.29, 1.82) is 0 Å². The lowest BCUT2D eigenvalue weighted by Crippen LogP contribution is -3.15. The third-order valence-electron chi connectivity index (χ3n) is 5.44. The Labute approximate surface area is 174 Å². The van der Waals surface area contributed by atoms with Gasteiger partial charge in [-0.3, -0.25) is 4.79 Å². The lowest BCUT2D eigenvalue weighted by Gasteiger charge is -2.31. The van der Waals surface area contributed by atoms with Gasteiger partial charge in [0, 0.05) is 18.4 Å². The zero-order chi connectivity index (χ0) is 20.6. The smallest absolute Gasteiger partial charge is 0.275 e. The fourth-order valence-electron chi connectivity index (χ4n) is 4.23. The molecule has 5 nitrogen and oxygen atoms in total. The van der Waals surface area contributed by atoms with Crippen LogP contribution >= 0.6 is 0 Å². The van der Waals surface area contributed by atoms with Crippen LogP contribution in [0.3, 0.4) is 0 Å². The summed E-state index contributed by atoms with van der Waals surface area (Å²) in [6, 6.07) is 15.8. The first-order valence-electron chi connectivity index (χ1n) is 10.5. The molecule has 1 saturated heterocycles. The van der Waals surface area contributed by atoms with Crippen LogP contribution in [0.5, 0.6) is 11.5 Å². The summed E-state index contributed by atoms with van der Waals surface area (Å²) in [6.07, 6.45) is 1.27. The van der Waals surface area contributed by atoms with E-state index >= 15 is 0 Å². The summed E-state index contributed by atoms with van der Waals surface area (Å²) in [5.41, 5.74) is 2.10. The molecule has 1 fully saturated rings. The fourth-order valence-corrected chi connectivity index (χ4v) is 4.23. The van der Waals surface area contributed by atoms with E-state index in [9.17, 15) is 4.79 Å². The monoisotopic (exact) mass is 397 g/mol. The normalized spacial score (nSPS) is 21.4. The fraction of sp³-hybridized carbons (Fsp3) is 0.458. The van der Waals surface area contributed by atoms with Gasteiger partial charge in [-0.1, -0.05) is 50.2 Å². The Morgan fingerprint density at radius 1 is 1.03 bits per heavy atom. The maximum Gasteiger partial charge on any atom is 0.275 e. The van der Waals surface area contributed by atoms with Crippen molar-refractivity contribution in [2.75, 3.05) is 26.7 Å². The van der Waals surface area contributed by atoms with Crippen molar-refractivity contribution >= 4 is 5.91 Å². The summed E-state index contributed by atoms with van der Waals surface area (Å²) in [6.45, 7) is 8.25. The second-order valence-electron chi connectivity index (χ2n) is 8.32. The molecule has 1 amide bonds. The van der Waals surface area contributed by atoms with E-state index in [1.54, 1.807) is 7.11 Å². The van der Waals surface area contributed by atoms with Crippen LogP contribution < -0.4 is 19.7 Å². The summed E-state index contributed by atoms with van der Waals surface area (Å²) in [5.74, 6) is 2.86. The van der Waals surface area contributed by atoms with Crippen molar-refractivity contribution in [2.24, 2.45) is 11.8 Å². The van der Waals surface area contributed by atoms with Gasteiger partial charge in [0.1, 0.15) is 6.61 Å². The van der Waals surface area contributed by atoms with Gasteiger partial charge in [0.05, 0.1) is 20.2 Å². The highest BCUT2D eigenvalue weighted by molar-refractivity contribution is 5.76. The van der Waals surface area contributed by atoms with Crippen LogP contribution in [0.25, 0.3) is 0 Å². The maximum atomic E-state index is 12.4. The van der Waals surface area contributed by atoms with Crippen LogP contribution in [0.4, 0.5) is 0 Å². The number of nitrogens with one attached hydrogen (secondary N) is 2. The maximum absolute atomic E-state index is 12.4. The summed E-state index contributed by atoms with van der Waals surface area (Å²) in [4.78, 5) is 13.8. The molecule has 1 unspecified atom stereocenters. The lowest BCUT2D eigenvalue weighted by atomic mass is 9.92. The van der Waals surface area contributed by atoms with Crippen molar-refractivity contribution < 1.29 is 19.2 Å². The van der Waals surface area contributed by atoms with Gasteiger partial charge in [0.15, 0.2) is 18.0 Å². The van der Waals surface area contributed by atoms with Crippen molar-refractivity contribution in [2.45, 2.75) is 33.4 Å². The number of benzene rings is 2. The minimum Gasteiger partial charge on any atom is -0.493 e. The van der Waals surface area contributed by atoms with Gasteiger partial charge in [-0.05, 0) is 29.7 Å².